The van der Waals surface area contributed by atoms with Crippen LogP contribution < -0.4 is 5.32 Å². The van der Waals surface area contributed by atoms with Crippen molar-refractivity contribution in [3.8, 4) is 0 Å². The maximum absolute atomic E-state index is 5.84. The van der Waals surface area contributed by atoms with Crippen molar-refractivity contribution >= 4 is 5.82 Å². The van der Waals surface area contributed by atoms with Gasteiger partial charge in [-0.1, -0.05) is 12.2 Å². The van der Waals surface area contributed by atoms with Gasteiger partial charge in [-0.3, -0.25) is 4.90 Å². The van der Waals surface area contributed by atoms with Crippen molar-refractivity contribution in [1.29, 1.82) is 0 Å². The standard InChI is InChI=1S/C15H22N4O/c1-2-5-13(6-3-1)19-9-10-20-14(12-19)11-16-15-7-4-8-17-18-15/h2,4-5,7-8,13-14H,1,3,6,9-12H2,(H,16,18)/t13-,14-/m1/s1. The Bertz CT molecular complexity index is 437. The third-order valence-corrected chi connectivity index (χ3v) is 3.95. The first kappa shape index (κ1) is 13.5. The second kappa shape index (κ2) is 6.81. The highest BCUT2D eigenvalue weighted by Crippen LogP contribution is 2.19. The smallest absolute Gasteiger partial charge is 0.148 e. The summed E-state index contributed by atoms with van der Waals surface area (Å²) in [6.45, 7) is 3.63. The van der Waals surface area contributed by atoms with Gasteiger partial charge in [-0.2, -0.15) is 5.10 Å². The highest BCUT2D eigenvalue weighted by Gasteiger charge is 2.25. The van der Waals surface area contributed by atoms with E-state index in [-0.39, 0.29) is 6.10 Å². The van der Waals surface area contributed by atoms with E-state index in [1.807, 2.05) is 12.1 Å². The number of hydrogen-bond acceptors (Lipinski definition) is 5. The Morgan fingerprint density at radius 3 is 3.25 bits per heavy atom. The van der Waals surface area contributed by atoms with Crippen molar-refractivity contribution in [2.24, 2.45) is 0 Å². The summed E-state index contributed by atoms with van der Waals surface area (Å²) in [5, 5.41) is 11.2. The Morgan fingerprint density at radius 1 is 1.45 bits per heavy atom. The van der Waals surface area contributed by atoms with Crippen molar-refractivity contribution in [1.82, 2.24) is 15.1 Å². The molecule has 2 atom stereocenters. The van der Waals surface area contributed by atoms with Gasteiger partial charge in [-0.25, -0.2) is 0 Å². The number of allylic oxidation sites excluding steroid dienone is 1. The average molecular weight is 274 g/mol. The molecular formula is C15H22N4O. The van der Waals surface area contributed by atoms with Crippen LogP contribution in [0.5, 0.6) is 0 Å². The summed E-state index contributed by atoms with van der Waals surface area (Å²) in [6, 6.07) is 4.42. The van der Waals surface area contributed by atoms with Crippen molar-refractivity contribution in [2.45, 2.75) is 31.4 Å². The van der Waals surface area contributed by atoms with Crippen molar-refractivity contribution in [3.63, 3.8) is 0 Å². The van der Waals surface area contributed by atoms with E-state index in [0.29, 0.717) is 6.04 Å². The molecule has 3 rings (SSSR count). The minimum atomic E-state index is 0.223. The van der Waals surface area contributed by atoms with Gasteiger partial charge in [0, 0.05) is 31.9 Å². The number of morpholine rings is 1. The first-order valence-corrected chi connectivity index (χ1v) is 7.46. The van der Waals surface area contributed by atoms with E-state index in [1.54, 1.807) is 6.20 Å². The molecule has 5 heteroatoms. The van der Waals surface area contributed by atoms with Crippen LogP contribution >= 0.6 is 0 Å². The number of nitrogens with one attached hydrogen (secondary N) is 1. The fourth-order valence-corrected chi connectivity index (χ4v) is 2.88. The number of hydrogen-bond donors (Lipinski definition) is 1. The maximum atomic E-state index is 5.84. The predicted octanol–water partition coefficient (Wildman–Crippen LogP) is 1.70. The minimum Gasteiger partial charge on any atom is -0.374 e. The lowest BCUT2D eigenvalue weighted by Gasteiger charge is -2.38. The fraction of sp³-hybridized carbons (Fsp3) is 0.600. The molecule has 1 aliphatic heterocycles. The van der Waals surface area contributed by atoms with Gasteiger partial charge in [0.1, 0.15) is 5.82 Å². The van der Waals surface area contributed by atoms with Gasteiger partial charge in [0.25, 0.3) is 0 Å². The third-order valence-electron chi connectivity index (χ3n) is 3.95. The molecule has 1 aromatic rings. The molecule has 0 unspecified atom stereocenters. The van der Waals surface area contributed by atoms with Gasteiger partial charge < -0.3 is 10.1 Å². The molecular weight excluding hydrogens is 252 g/mol. The Balaban J connectivity index is 1.50. The van der Waals surface area contributed by atoms with Crippen molar-refractivity contribution in [3.05, 3.63) is 30.5 Å². The molecule has 2 aliphatic rings. The molecule has 1 aromatic heterocycles. The minimum absolute atomic E-state index is 0.223. The largest absolute Gasteiger partial charge is 0.374 e. The van der Waals surface area contributed by atoms with Crippen molar-refractivity contribution < 1.29 is 4.74 Å². The Labute approximate surface area is 120 Å². The van der Waals surface area contributed by atoms with E-state index in [9.17, 15) is 0 Å². The molecule has 0 aromatic carbocycles. The molecule has 108 valence electrons. The van der Waals surface area contributed by atoms with Crippen LogP contribution in [0, 0.1) is 0 Å². The maximum Gasteiger partial charge on any atom is 0.148 e. The highest BCUT2D eigenvalue weighted by molar-refractivity contribution is 5.31. The quantitative estimate of drug-likeness (QED) is 0.847. The van der Waals surface area contributed by atoms with Gasteiger partial charge in [0.15, 0.2) is 0 Å². The zero-order valence-corrected chi connectivity index (χ0v) is 11.7. The third kappa shape index (κ3) is 3.55. The predicted molar refractivity (Wildman–Crippen MR) is 78.6 cm³/mol. The van der Waals surface area contributed by atoms with E-state index >= 15 is 0 Å². The Kier molecular flexibility index (Phi) is 4.61. The lowest BCUT2D eigenvalue weighted by Crippen LogP contribution is -2.49. The fourth-order valence-electron chi connectivity index (χ4n) is 2.88. The summed E-state index contributed by atoms with van der Waals surface area (Å²) in [6.07, 6.45) is 10.4. The van der Waals surface area contributed by atoms with E-state index in [4.69, 9.17) is 4.74 Å². The molecule has 1 fully saturated rings. The van der Waals surface area contributed by atoms with Crippen LogP contribution in [-0.4, -0.2) is 53.5 Å². The van der Waals surface area contributed by atoms with Crippen LogP contribution in [-0.2, 0) is 4.74 Å². The zero-order chi connectivity index (χ0) is 13.6. The first-order chi connectivity index (χ1) is 9.92. The molecule has 20 heavy (non-hydrogen) atoms. The van der Waals surface area contributed by atoms with Gasteiger partial charge in [0.05, 0.1) is 12.7 Å². The highest BCUT2D eigenvalue weighted by atomic mass is 16.5. The van der Waals surface area contributed by atoms with Gasteiger partial charge in [-0.15, -0.1) is 5.10 Å². The number of nitrogens with zero attached hydrogens (tertiary/aromatic N) is 3. The molecule has 0 amide bonds. The second-order valence-electron chi connectivity index (χ2n) is 5.40. The van der Waals surface area contributed by atoms with E-state index in [1.165, 1.54) is 19.3 Å². The van der Waals surface area contributed by atoms with Crippen LogP contribution in [0.15, 0.2) is 30.5 Å². The average Bonchev–Trinajstić information content (AvgIpc) is 2.55. The number of rotatable bonds is 4. The summed E-state index contributed by atoms with van der Waals surface area (Å²) >= 11 is 0. The summed E-state index contributed by atoms with van der Waals surface area (Å²) in [5.74, 6) is 0.811. The molecule has 2 heterocycles. The topological polar surface area (TPSA) is 50.3 Å². The lowest BCUT2D eigenvalue weighted by atomic mass is 10.0. The monoisotopic (exact) mass is 274 g/mol. The lowest BCUT2D eigenvalue weighted by molar-refractivity contribution is -0.0317. The normalized spacial score (nSPS) is 27.4. The summed E-state index contributed by atoms with van der Waals surface area (Å²) in [7, 11) is 0. The van der Waals surface area contributed by atoms with E-state index in [2.05, 4.69) is 32.6 Å². The second-order valence-corrected chi connectivity index (χ2v) is 5.40. The van der Waals surface area contributed by atoms with Crippen LogP contribution in [0.1, 0.15) is 19.3 Å². The van der Waals surface area contributed by atoms with E-state index in [0.717, 1.165) is 32.1 Å². The molecule has 0 spiro atoms. The van der Waals surface area contributed by atoms with E-state index < -0.39 is 0 Å². The Hall–Kier alpha value is -1.46. The van der Waals surface area contributed by atoms with Crippen LogP contribution in [0.2, 0.25) is 0 Å². The van der Waals surface area contributed by atoms with Crippen LogP contribution in [0.25, 0.3) is 0 Å². The SMILES string of the molecule is C1=C[C@@H](N2CCO[C@H](CNc3cccnn3)C2)CCC1. The van der Waals surface area contributed by atoms with Gasteiger partial charge in [-0.05, 0) is 31.4 Å². The van der Waals surface area contributed by atoms with Crippen LogP contribution in [0.4, 0.5) is 5.82 Å². The zero-order valence-electron chi connectivity index (χ0n) is 11.7. The van der Waals surface area contributed by atoms with Crippen LogP contribution in [0.3, 0.4) is 0 Å². The van der Waals surface area contributed by atoms with Gasteiger partial charge >= 0.3 is 0 Å². The number of aromatic nitrogens is 2. The van der Waals surface area contributed by atoms with Gasteiger partial charge in [0.2, 0.25) is 0 Å². The summed E-state index contributed by atoms with van der Waals surface area (Å²) < 4.78 is 5.84. The number of anilines is 1. The molecule has 1 aliphatic carbocycles. The molecule has 1 saturated heterocycles. The molecule has 0 bridgehead atoms. The molecule has 5 nitrogen and oxygen atoms in total. The van der Waals surface area contributed by atoms with Crippen molar-refractivity contribution in [2.75, 3.05) is 31.6 Å². The Morgan fingerprint density at radius 2 is 2.45 bits per heavy atom. The molecule has 0 saturated carbocycles. The first-order valence-electron chi connectivity index (χ1n) is 7.46. The molecule has 0 radical (unpaired) electrons. The molecule has 1 N–H and O–H groups in total. The summed E-state index contributed by atoms with van der Waals surface area (Å²) in [5.41, 5.74) is 0. The summed E-state index contributed by atoms with van der Waals surface area (Å²) in [4.78, 5) is 2.54. The number of ether oxygens (including phenoxy) is 1.